The summed E-state index contributed by atoms with van der Waals surface area (Å²) in [4.78, 5) is 0.447. The Morgan fingerprint density at radius 2 is 1.69 bits per heavy atom. The predicted octanol–water partition coefficient (Wildman–Crippen LogP) is 3.41. The fourth-order valence-corrected chi connectivity index (χ4v) is 4.19. The maximum Gasteiger partial charge on any atom is 0.178 e. The molecule has 0 amide bonds. The van der Waals surface area contributed by atoms with Crippen LogP contribution >= 0.6 is 15.9 Å². The zero-order chi connectivity index (χ0) is 11.6. The van der Waals surface area contributed by atoms with Crippen LogP contribution in [0.1, 0.15) is 25.7 Å². The molecule has 0 aromatic heterocycles. The summed E-state index contributed by atoms with van der Waals surface area (Å²) in [5, 5.41) is 0. The first kappa shape index (κ1) is 12.1. The first-order chi connectivity index (χ1) is 7.58. The number of hydrogen-bond donors (Lipinski definition) is 0. The van der Waals surface area contributed by atoms with Gasteiger partial charge in [-0.25, -0.2) is 8.42 Å². The summed E-state index contributed by atoms with van der Waals surface area (Å²) >= 11 is 3.31. The molecule has 1 saturated carbocycles. The third-order valence-corrected chi connectivity index (χ3v) is 5.53. The molecule has 1 aliphatic carbocycles. The van der Waals surface area contributed by atoms with Gasteiger partial charge in [0.1, 0.15) is 0 Å². The average Bonchev–Trinajstić information content (AvgIpc) is 2.70. The number of sulfone groups is 1. The Kier molecular flexibility index (Phi) is 3.70. The summed E-state index contributed by atoms with van der Waals surface area (Å²) in [5.74, 6) is 0.683. The van der Waals surface area contributed by atoms with E-state index in [0.29, 0.717) is 16.6 Å². The lowest BCUT2D eigenvalue weighted by Crippen LogP contribution is -2.13. The minimum absolute atomic E-state index is 0.314. The first-order valence-corrected chi connectivity index (χ1v) is 8.01. The lowest BCUT2D eigenvalue weighted by atomic mass is 10.1. The van der Waals surface area contributed by atoms with Gasteiger partial charge in [0.15, 0.2) is 9.84 Å². The highest BCUT2D eigenvalue weighted by molar-refractivity contribution is 9.10. The Bertz CT molecular complexity index is 444. The van der Waals surface area contributed by atoms with E-state index in [1.54, 1.807) is 24.3 Å². The molecule has 0 heterocycles. The van der Waals surface area contributed by atoms with E-state index in [1.165, 1.54) is 12.8 Å². The van der Waals surface area contributed by atoms with E-state index < -0.39 is 9.84 Å². The van der Waals surface area contributed by atoms with Crippen LogP contribution in [0.25, 0.3) is 0 Å². The molecule has 0 radical (unpaired) electrons. The van der Waals surface area contributed by atoms with Gasteiger partial charge in [0, 0.05) is 4.47 Å². The molecule has 0 unspecified atom stereocenters. The van der Waals surface area contributed by atoms with Crippen LogP contribution in [-0.4, -0.2) is 14.2 Å². The second kappa shape index (κ2) is 4.88. The van der Waals surface area contributed by atoms with Crippen molar-refractivity contribution in [1.82, 2.24) is 0 Å². The summed E-state index contributed by atoms with van der Waals surface area (Å²) in [5.41, 5.74) is 0. The Morgan fingerprint density at radius 1 is 1.12 bits per heavy atom. The van der Waals surface area contributed by atoms with Gasteiger partial charge in [0.25, 0.3) is 0 Å². The molecule has 1 aliphatic rings. The summed E-state index contributed by atoms with van der Waals surface area (Å²) in [6, 6.07) is 6.91. The molecule has 16 heavy (non-hydrogen) atoms. The van der Waals surface area contributed by atoms with Gasteiger partial charge in [-0.05, 0) is 43.0 Å². The van der Waals surface area contributed by atoms with Crippen molar-refractivity contribution >= 4 is 25.8 Å². The standard InChI is InChI=1S/C12H15BrO2S/c13-11-5-7-12(8-6-11)16(14,15)9-10-3-1-2-4-10/h5-8,10H,1-4,9H2. The van der Waals surface area contributed by atoms with Gasteiger partial charge in [0.05, 0.1) is 10.6 Å². The molecule has 0 atom stereocenters. The third-order valence-electron chi connectivity index (χ3n) is 3.10. The van der Waals surface area contributed by atoms with E-state index in [-0.39, 0.29) is 0 Å². The van der Waals surface area contributed by atoms with Crippen LogP contribution in [0.4, 0.5) is 0 Å². The van der Waals surface area contributed by atoms with E-state index in [0.717, 1.165) is 17.3 Å². The van der Waals surface area contributed by atoms with Gasteiger partial charge in [0.2, 0.25) is 0 Å². The molecule has 2 rings (SSSR count). The van der Waals surface area contributed by atoms with Gasteiger partial charge >= 0.3 is 0 Å². The number of halogens is 1. The minimum Gasteiger partial charge on any atom is -0.224 e. The van der Waals surface area contributed by atoms with Gasteiger partial charge in [-0.15, -0.1) is 0 Å². The molecule has 0 N–H and O–H groups in total. The van der Waals surface area contributed by atoms with Crippen molar-refractivity contribution < 1.29 is 8.42 Å². The van der Waals surface area contributed by atoms with Crippen molar-refractivity contribution in [3.63, 3.8) is 0 Å². The highest BCUT2D eigenvalue weighted by Gasteiger charge is 2.23. The minimum atomic E-state index is -3.08. The smallest absolute Gasteiger partial charge is 0.178 e. The van der Waals surface area contributed by atoms with Gasteiger partial charge in [-0.1, -0.05) is 28.8 Å². The molecular weight excluding hydrogens is 288 g/mol. The lowest BCUT2D eigenvalue weighted by molar-refractivity contribution is 0.559. The molecule has 88 valence electrons. The van der Waals surface area contributed by atoms with Crippen molar-refractivity contribution in [1.29, 1.82) is 0 Å². The van der Waals surface area contributed by atoms with Crippen LogP contribution in [0, 0.1) is 5.92 Å². The Morgan fingerprint density at radius 3 is 2.25 bits per heavy atom. The zero-order valence-electron chi connectivity index (χ0n) is 9.02. The lowest BCUT2D eigenvalue weighted by Gasteiger charge is -2.09. The summed E-state index contributed by atoms with van der Waals surface area (Å²) < 4.78 is 25.1. The molecule has 0 bridgehead atoms. The molecule has 1 fully saturated rings. The number of rotatable bonds is 3. The second-order valence-electron chi connectivity index (χ2n) is 4.39. The predicted molar refractivity (Wildman–Crippen MR) is 68.2 cm³/mol. The second-order valence-corrected chi connectivity index (χ2v) is 7.34. The maximum absolute atomic E-state index is 12.1. The van der Waals surface area contributed by atoms with Crippen LogP contribution in [0.15, 0.2) is 33.6 Å². The molecule has 4 heteroatoms. The molecular formula is C12H15BrO2S. The van der Waals surface area contributed by atoms with Crippen molar-refractivity contribution in [3.05, 3.63) is 28.7 Å². The Labute approximate surface area is 105 Å². The van der Waals surface area contributed by atoms with Crippen LogP contribution in [0.2, 0.25) is 0 Å². The van der Waals surface area contributed by atoms with Crippen molar-refractivity contribution in [2.24, 2.45) is 5.92 Å². The number of hydrogen-bond acceptors (Lipinski definition) is 2. The molecule has 2 nitrogen and oxygen atoms in total. The van der Waals surface area contributed by atoms with Crippen LogP contribution in [0.3, 0.4) is 0 Å². The summed E-state index contributed by atoms with van der Waals surface area (Å²) in [6.45, 7) is 0. The fourth-order valence-electron chi connectivity index (χ4n) is 2.23. The molecule has 1 aromatic carbocycles. The highest BCUT2D eigenvalue weighted by atomic mass is 79.9. The SMILES string of the molecule is O=S(=O)(CC1CCCC1)c1ccc(Br)cc1. The summed E-state index contributed by atoms with van der Waals surface area (Å²) in [6.07, 6.45) is 4.49. The van der Waals surface area contributed by atoms with E-state index in [1.807, 2.05) is 0 Å². The molecule has 0 saturated heterocycles. The van der Waals surface area contributed by atoms with E-state index in [4.69, 9.17) is 0 Å². The van der Waals surface area contributed by atoms with E-state index in [9.17, 15) is 8.42 Å². The van der Waals surface area contributed by atoms with Gasteiger partial charge < -0.3 is 0 Å². The van der Waals surface area contributed by atoms with Crippen LogP contribution in [-0.2, 0) is 9.84 Å². The monoisotopic (exact) mass is 302 g/mol. The number of benzene rings is 1. The van der Waals surface area contributed by atoms with Crippen molar-refractivity contribution in [2.45, 2.75) is 30.6 Å². The van der Waals surface area contributed by atoms with E-state index >= 15 is 0 Å². The summed E-state index contributed by atoms with van der Waals surface area (Å²) in [7, 11) is -3.08. The quantitative estimate of drug-likeness (QED) is 0.857. The van der Waals surface area contributed by atoms with Crippen LogP contribution in [0.5, 0.6) is 0 Å². The van der Waals surface area contributed by atoms with Crippen molar-refractivity contribution in [3.8, 4) is 0 Å². The van der Waals surface area contributed by atoms with Crippen LogP contribution < -0.4 is 0 Å². The largest absolute Gasteiger partial charge is 0.224 e. The van der Waals surface area contributed by atoms with Gasteiger partial charge in [-0.3, -0.25) is 0 Å². The highest BCUT2D eigenvalue weighted by Crippen LogP contribution is 2.28. The third kappa shape index (κ3) is 2.86. The fraction of sp³-hybridized carbons (Fsp3) is 0.500. The zero-order valence-corrected chi connectivity index (χ0v) is 11.4. The average molecular weight is 303 g/mol. The first-order valence-electron chi connectivity index (χ1n) is 5.56. The maximum atomic E-state index is 12.1. The Balaban J connectivity index is 2.14. The normalized spacial score (nSPS) is 17.8. The molecule has 0 aliphatic heterocycles. The van der Waals surface area contributed by atoms with E-state index in [2.05, 4.69) is 15.9 Å². The molecule has 0 spiro atoms. The molecule has 1 aromatic rings. The topological polar surface area (TPSA) is 34.1 Å². The van der Waals surface area contributed by atoms with Gasteiger partial charge in [-0.2, -0.15) is 0 Å². The van der Waals surface area contributed by atoms with Crippen molar-refractivity contribution in [2.75, 3.05) is 5.75 Å². The Hall–Kier alpha value is -0.350.